The summed E-state index contributed by atoms with van der Waals surface area (Å²) in [6, 6.07) is 11.9. The first kappa shape index (κ1) is 23.7. The number of carbonyl (C=O) groups is 2. The molecule has 2 rings (SSSR count). The van der Waals surface area contributed by atoms with E-state index in [0.29, 0.717) is 23.6 Å². The molecule has 0 aliphatic carbocycles. The summed E-state index contributed by atoms with van der Waals surface area (Å²) in [4.78, 5) is 23.9. The fourth-order valence-corrected chi connectivity index (χ4v) is 3.47. The Kier molecular flexibility index (Phi) is 8.22. The Bertz CT molecular complexity index is 994. The number of benzene rings is 2. The van der Waals surface area contributed by atoms with Crippen molar-refractivity contribution in [3.8, 4) is 0 Å². The summed E-state index contributed by atoms with van der Waals surface area (Å²) in [5.41, 5.74) is 3.73. The minimum Gasteiger partial charge on any atom is -0.352 e. The Balaban J connectivity index is 1.89. The second-order valence-electron chi connectivity index (χ2n) is 6.91. The van der Waals surface area contributed by atoms with Gasteiger partial charge in [0.2, 0.25) is 0 Å². The second kappa shape index (κ2) is 10.4. The topological polar surface area (TPSA) is 108 Å². The molecule has 0 spiro atoms. The smallest absolute Gasteiger partial charge is 0.343 e. The molecule has 0 aliphatic heterocycles. The van der Waals surface area contributed by atoms with Gasteiger partial charge >= 0.3 is 6.03 Å². The van der Waals surface area contributed by atoms with Crippen LogP contribution in [-0.2, 0) is 16.4 Å². The van der Waals surface area contributed by atoms with Gasteiger partial charge in [0.05, 0.1) is 4.90 Å². The zero-order chi connectivity index (χ0) is 22.3. The summed E-state index contributed by atoms with van der Waals surface area (Å²) in [5, 5.41) is 4.76. The van der Waals surface area contributed by atoms with Crippen LogP contribution in [0.5, 0.6) is 0 Å². The van der Waals surface area contributed by atoms with E-state index in [1.807, 2.05) is 18.6 Å². The molecule has 8 nitrogen and oxygen atoms in total. The average Bonchev–Trinajstić information content (AvgIpc) is 2.67. The van der Waals surface area contributed by atoms with Crippen LogP contribution in [-0.4, -0.2) is 45.0 Å². The zero-order valence-corrected chi connectivity index (χ0v) is 18.5. The number of carbonyl (C=O) groups excluding carboxylic acids is 2. The quantitative estimate of drug-likeness (QED) is 0.533. The molecule has 10 heteroatoms. The van der Waals surface area contributed by atoms with Gasteiger partial charge in [-0.15, -0.1) is 0 Å². The highest BCUT2D eigenvalue weighted by Gasteiger charge is 2.18. The number of rotatable bonds is 8. The second-order valence-corrected chi connectivity index (χ2v) is 9.03. The van der Waals surface area contributed by atoms with Crippen LogP contribution in [0.1, 0.15) is 29.8 Å². The van der Waals surface area contributed by atoms with Gasteiger partial charge in [-0.25, -0.2) is 22.9 Å². The minimum absolute atomic E-state index is 0.0112. The number of hydrazine groups is 1. The highest BCUT2D eigenvalue weighted by Crippen LogP contribution is 2.12. The molecule has 0 radical (unpaired) electrons. The maximum atomic E-state index is 12.3. The third-order valence-corrected chi connectivity index (χ3v) is 5.88. The van der Waals surface area contributed by atoms with Gasteiger partial charge in [0, 0.05) is 30.2 Å². The van der Waals surface area contributed by atoms with Crippen molar-refractivity contribution < 1.29 is 18.0 Å². The Morgan fingerprint density at radius 2 is 1.77 bits per heavy atom. The maximum absolute atomic E-state index is 12.3. The fraction of sp³-hybridized carbons (Fsp3) is 0.300. The molecule has 0 fully saturated rings. The Labute approximate surface area is 181 Å². The van der Waals surface area contributed by atoms with E-state index in [1.165, 1.54) is 17.1 Å². The average molecular weight is 453 g/mol. The number of amides is 3. The summed E-state index contributed by atoms with van der Waals surface area (Å²) in [6.07, 6.45) is 0.514. The molecule has 0 aliphatic rings. The lowest BCUT2D eigenvalue weighted by atomic mass is 10.1. The summed E-state index contributed by atoms with van der Waals surface area (Å²) >= 11 is 5.88. The van der Waals surface area contributed by atoms with Gasteiger partial charge in [0.1, 0.15) is 0 Å². The van der Waals surface area contributed by atoms with E-state index < -0.39 is 16.1 Å². The first-order chi connectivity index (χ1) is 14.1. The van der Waals surface area contributed by atoms with E-state index in [2.05, 4.69) is 10.7 Å². The van der Waals surface area contributed by atoms with E-state index in [-0.39, 0.29) is 16.8 Å². The molecule has 0 bridgehead atoms. The monoisotopic (exact) mass is 452 g/mol. The van der Waals surface area contributed by atoms with Crippen molar-refractivity contribution in [2.45, 2.75) is 31.2 Å². The molecule has 2 aromatic rings. The predicted molar refractivity (Wildman–Crippen MR) is 116 cm³/mol. The van der Waals surface area contributed by atoms with Crippen LogP contribution < -0.4 is 15.5 Å². The van der Waals surface area contributed by atoms with Gasteiger partial charge in [-0.1, -0.05) is 29.8 Å². The highest BCUT2D eigenvalue weighted by atomic mass is 35.5. The van der Waals surface area contributed by atoms with Crippen molar-refractivity contribution in [2.24, 2.45) is 0 Å². The number of hydrogen-bond donors (Lipinski definition) is 3. The van der Waals surface area contributed by atoms with Crippen LogP contribution in [0.15, 0.2) is 53.4 Å². The number of halogens is 1. The van der Waals surface area contributed by atoms with Gasteiger partial charge in [-0.3, -0.25) is 10.2 Å². The van der Waals surface area contributed by atoms with Crippen molar-refractivity contribution in [2.75, 3.05) is 13.6 Å². The lowest BCUT2D eigenvalue weighted by molar-refractivity contribution is 0.0954. The fourth-order valence-electron chi connectivity index (χ4n) is 2.38. The highest BCUT2D eigenvalue weighted by molar-refractivity contribution is 7.90. The number of hydrogen-bond acceptors (Lipinski definition) is 5. The standard InChI is InChI=1S/C20H25ClN4O4S/c1-14(2)25(3)23-20(27)24-30(28,29)18-9-7-15(8-10-18)11-12-22-19(26)16-5-4-6-17(21)13-16/h4-10,13-14H,11-12H2,1-3H3,(H,22,26)(H2,23,24,27). The maximum Gasteiger partial charge on any atom is 0.343 e. The van der Waals surface area contributed by atoms with Crippen LogP contribution >= 0.6 is 11.6 Å². The zero-order valence-electron chi connectivity index (χ0n) is 17.0. The third-order valence-electron chi connectivity index (χ3n) is 4.30. The molecule has 3 N–H and O–H groups in total. The van der Waals surface area contributed by atoms with Crippen molar-refractivity contribution >= 4 is 33.6 Å². The number of urea groups is 1. The van der Waals surface area contributed by atoms with Crippen LogP contribution in [0.4, 0.5) is 4.79 Å². The van der Waals surface area contributed by atoms with Crippen LogP contribution in [0.2, 0.25) is 5.02 Å². The normalized spacial score (nSPS) is 11.4. The molecule has 162 valence electrons. The van der Waals surface area contributed by atoms with E-state index in [4.69, 9.17) is 11.6 Å². The lowest BCUT2D eigenvalue weighted by Gasteiger charge is -2.21. The van der Waals surface area contributed by atoms with Crippen LogP contribution in [0.3, 0.4) is 0 Å². The Morgan fingerprint density at radius 3 is 2.37 bits per heavy atom. The predicted octanol–water partition coefficient (Wildman–Crippen LogP) is 2.56. The lowest BCUT2D eigenvalue weighted by Crippen LogP contribution is -2.49. The van der Waals surface area contributed by atoms with Crippen molar-refractivity contribution in [1.82, 2.24) is 20.5 Å². The first-order valence-electron chi connectivity index (χ1n) is 9.27. The molecule has 0 heterocycles. The van der Waals surface area contributed by atoms with Gasteiger partial charge < -0.3 is 5.32 Å². The summed E-state index contributed by atoms with van der Waals surface area (Å²) in [6.45, 7) is 4.08. The van der Waals surface area contributed by atoms with Crippen LogP contribution in [0, 0.1) is 0 Å². The molecular weight excluding hydrogens is 428 g/mol. The van der Waals surface area contributed by atoms with Gasteiger partial charge in [-0.05, 0) is 56.2 Å². The Morgan fingerprint density at radius 1 is 1.10 bits per heavy atom. The summed E-state index contributed by atoms with van der Waals surface area (Å²) < 4.78 is 26.6. The van der Waals surface area contributed by atoms with Crippen molar-refractivity contribution in [3.05, 3.63) is 64.7 Å². The van der Waals surface area contributed by atoms with Gasteiger partial charge in [0.25, 0.3) is 15.9 Å². The first-order valence-corrected chi connectivity index (χ1v) is 11.1. The molecular formula is C20H25ClN4O4S. The SMILES string of the molecule is CC(C)N(C)NC(=O)NS(=O)(=O)c1ccc(CCNC(=O)c2cccc(Cl)c2)cc1. The van der Waals surface area contributed by atoms with Gasteiger partial charge in [-0.2, -0.15) is 0 Å². The van der Waals surface area contributed by atoms with Crippen molar-refractivity contribution in [1.29, 1.82) is 0 Å². The van der Waals surface area contributed by atoms with E-state index >= 15 is 0 Å². The van der Waals surface area contributed by atoms with E-state index in [0.717, 1.165) is 5.56 Å². The molecule has 0 saturated carbocycles. The number of nitrogens with zero attached hydrogens (tertiary/aromatic N) is 1. The molecule has 2 aromatic carbocycles. The van der Waals surface area contributed by atoms with E-state index in [1.54, 1.807) is 43.4 Å². The molecule has 30 heavy (non-hydrogen) atoms. The van der Waals surface area contributed by atoms with Crippen molar-refractivity contribution in [3.63, 3.8) is 0 Å². The molecule has 0 aromatic heterocycles. The molecule has 3 amide bonds. The summed E-state index contributed by atoms with van der Waals surface area (Å²) in [7, 11) is -2.36. The van der Waals surface area contributed by atoms with Crippen LogP contribution in [0.25, 0.3) is 0 Å². The minimum atomic E-state index is -3.99. The molecule has 0 atom stereocenters. The largest absolute Gasteiger partial charge is 0.352 e. The molecule has 0 unspecified atom stereocenters. The number of nitrogens with one attached hydrogen (secondary N) is 3. The summed E-state index contributed by atoms with van der Waals surface area (Å²) in [5.74, 6) is -0.238. The number of sulfonamides is 1. The molecule has 0 saturated heterocycles. The van der Waals surface area contributed by atoms with E-state index in [9.17, 15) is 18.0 Å². The third kappa shape index (κ3) is 7.01. The van der Waals surface area contributed by atoms with Gasteiger partial charge in [0.15, 0.2) is 0 Å². The Hall–Kier alpha value is -2.62.